The molecule has 0 spiro atoms. The minimum atomic E-state index is -3.01. The van der Waals surface area contributed by atoms with E-state index < -0.39 is 21.2 Å². The van der Waals surface area contributed by atoms with Crippen LogP contribution in [0.4, 0.5) is 0 Å². The van der Waals surface area contributed by atoms with Gasteiger partial charge < -0.3 is 5.11 Å². The van der Waals surface area contributed by atoms with Gasteiger partial charge in [0.05, 0.1) is 28.7 Å². The van der Waals surface area contributed by atoms with Crippen molar-refractivity contribution >= 4 is 9.84 Å². The molecule has 1 aliphatic rings. The van der Waals surface area contributed by atoms with Crippen LogP contribution in [0.3, 0.4) is 0 Å². The highest BCUT2D eigenvalue weighted by molar-refractivity contribution is 7.92. The fourth-order valence-electron chi connectivity index (χ4n) is 2.60. The molecular formula is C15H20N2O3S. The van der Waals surface area contributed by atoms with Crippen molar-refractivity contribution in [2.24, 2.45) is 0 Å². The molecule has 5 nitrogen and oxygen atoms in total. The van der Waals surface area contributed by atoms with Gasteiger partial charge in [-0.3, -0.25) is 4.90 Å². The second-order valence-corrected chi connectivity index (χ2v) is 8.03. The van der Waals surface area contributed by atoms with E-state index in [0.717, 1.165) is 5.56 Å². The lowest BCUT2D eigenvalue weighted by molar-refractivity contribution is 0.0910. The van der Waals surface area contributed by atoms with E-state index in [2.05, 4.69) is 0 Å². The Morgan fingerprint density at radius 3 is 2.57 bits per heavy atom. The lowest BCUT2D eigenvalue weighted by Crippen LogP contribution is -2.53. The van der Waals surface area contributed by atoms with Crippen molar-refractivity contribution in [1.82, 2.24) is 4.90 Å². The van der Waals surface area contributed by atoms with Crippen LogP contribution in [0, 0.1) is 11.3 Å². The Bertz CT molecular complexity index is 634. The summed E-state index contributed by atoms with van der Waals surface area (Å²) in [6.45, 7) is 4.45. The summed E-state index contributed by atoms with van der Waals surface area (Å²) in [7, 11) is -3.01. The maximum absolute atomic E-state index is 11.8. The molecule has 1 fully saturated rings. The molecule has 0 radical (unpaired) electrons. The van der Waals surface area contributed by atoms with E-state index >= 15 is 0 Å². The highest BCUT2D eigenvalue weighted by Gasteiger charge is 2.36. The minimum absolute atomic E-state index is 0.114. The van der Waals surface area contributed by atoms with Crippen LogP contribution in [0.15, 0.2) is 24.3 Å². The molecule has 1 saturated heterocycles. The summed E-state index contributed by atoms with van der Waals surface area (Å²) in [6, 6.07) is 8.74. The molecule has 6 heteroatoms. The summed E-state index contributed by atoms with van der Waals surface area (Å²) in [5, 5.41) is 18.6. The fourth-order valence-corrected chi connectivity index (χ4v) is 4.23. The molecule has 21 heavy (non-hydrogen) atoms. The number of aliphatic hydroxyl groups is 1. The topological polar surface area (TPSA) is 81.4 Å². The Balaban J connectivity index is 2.05. The van der Waals surface area contributed by atoms with E-state index in [1.54, 1.807) is 31.2 Å². The Morgan fingerprint density at radius 2 is 2.00 bits per heavy atom. The first-order valence-electron chi connectivity index (χ1n) is 6.99. The second kappa shape index (κ2) is 6.14. The number of hydrogen-bond acceptors (Lipinski definition) is 5. The number of benzene rings is 1. The predicted octanol–water partition coefficient (Wildman–Crippen LogP) is 1.10. The van der Waals surface area contributed by atoms with Crippen LogP contribution < -0.4 is 0 Å². The summed E-state index contributed by atoms with van der Waals surface area (Å²) in [5.74, 6) is 0.137. The highest BCUT2D eigenvalue weighted by Crippen LogP contribution is 2.23. The van der Waals surface area contributed by atoms with Gasteiger partial charge in [0.25, 0.3) is 0 Å². The summed E-state index contributed by atoms with van der Waals surface area (Å²) in [6.07, 6.45) is -0.687. The number of nitrogens with zero attached hydrogens (tertiary/aromatic N) is 2. The van der Waals surface area contributed by atoms with Gasteiger partial charge in [0.15, 0.2) is 9.84 Å². The first-order valence-corrected chi connectivity index (χ1v) is 8.70. The number of sulfone groups is 1. The normalized spacial score (nSPS) is 27.0. The summed E-state index contributed by atoms with van der Waals surface area (Å²) >= 11 is 0. The average molecular weight is 308 g/mol. The van der Waals surface area contributed by atoms with E-state index in [9.17, 15) is 13.5 Å². The molecule has 0 saturated carbocycles. The molecule has 0 aliphatic carbocycles. The van der Waals surface area contributed by atoms with E-state index in [-0.39, 0.29) is 11.8 Å². The molecular weight excluding hydrogens is 288 g/mol. The van der Waals surface area contributed by atoms with Crippen LogP contribution in [0.2, 0.25) is 0 Å². The van der Waals surface area contributed by atoms with Gasteiger partial charge >= 0.3 is 0 Å². The van der Waals surface area contributed by atoms with E-state index in [0.29, 0.717) is 18.7 Å². The van der Waals surface area contributed by atoms with Gasteiger partial charge in [-0.25, -0.2) is 8.42 Å². The maximum atomic E-state index is 11.8. The van der Waals surface area contributed by atoms with Gasteiger partial charge in [-0.15, -0.1) is 0 Å². The van der Waals surface area contributed by atoms with Gasteiger partial charge in [0.2, 0.25) is 0 Å². The molecule has 1 heterocycles. The zero-order valence-electron chi connectivity index (χ0n) is 12.2. The number of β-amino-alcohol motifs (C(OH)–C–C–N with tert-alkyl or cyclic N) is 1. The third kappa shape index (κ3) is 3.43. The Kier molecular flexibility index (Phi) is 4.67. The quantitative estimate of drug-likeness (QED) is 0.904. The molecule has 1 aliphatic heterocycles. The van der Waals surface area contributed by atoms with Gasteiger partial charge in [0.1, 0.15) is 0 Å². The van der Waals surface area contributed by atoms with Crippen LogP contribution in [-0.4, -0.2) is 48.6 Å². The van der Waals surface area contributed by atoms with Crippen molar-refractivity contribution in [2.45, 2.75) is 31.2 Å². The summed E-state index contributed by atoms with van der Waals surface area (Å²) in [5.41, 5.74) is 1.29. The largest absolute Gasteiger partial charge is 0.387 e. The molecule has 1 N–H and O–H groups in total. The van der Waals surface area contributed by atoms with Crippen molar-refractivity contribution in [3.05, 3.63) is 35.4 Å². The van der Waals surface area contributed by atoms with E-state index in [1.165, 1.54) is 0 Å². The molecule has 0 aromatic heterocycles. The molecule has 2 rings (SSSR count). The SMILES string of the molecule is CC1C(C)S(=O)(=O)CCN1CC(O)c1ccc(C#N)cc1. The standard InChI is InChI=1S/C15H20N2O3S/c1-11-12(2)21(19,20)8-7-17(11)10-15(18)14-5-3-13(9-16)4-6-14/h3-6,11-12,15,18H,7-8,10H2,1-2H3. The van der Waals surface area contributed by atoms with Crippen LogP contribution in [-0.2, 0) is 9.84 Å². The van der Waals surface area contributed by atoms with Crippen molar-refractivity contribution < 1.29 is 13.5 Å². The van der Waals surface area contributed by atoms with Crippen molar-refractivity contribution in [3.63, 3.8) is 0 Å². The van der Waals surface area contributed by atoms with Crippen LogP contribution in [0.5, 0.6) is 0 Å². The van der Waals surface area contributed by atoms with Gasteiger partial charge in [-0.05, 0) is 31.5 Å². The molecule has 0 bridgehead atoms. The first-order chi connectivity index (χ1) is 9.85. The fraction of sp³-hybridized carbons (Fsp3) is 0.533. The first kappa shape index (κ1) is 16.0. The van der Waals surface area contributed by atoms with Gasteiger partial charge in [0, 0.05) is 19.1 Å². The second-order valence-electron chi connectivity index (χ2n) is 5.56. The minimum Gasteiger partial charge on any atom is -0.387 e. The molecule has 3 unspecified atom stereocenters. The van der Waals surface area contributed by atoms with Gasteiger partial charge in [-0.1, -0.05) is 12.1 Å². The number of nitriles is 1. The van der Waals surface area contributed by atoms with Crippen molar-refractivity contribution in [3.8, 4) is 6.07 Å². The van der Waals surface area contributed by atoms with Crippen molar-refractivity contribution in [2.75, 3.05) is 18.8 Å². The monoisotopic (exact) mass is 308 g/mol. The molecule has 3 atom stereocenters. The maximum Gasteiger partial charge on any atom is 0.155 e. The smallest absolute Gasteiger partial charge is 0.155 e. The molecule has 1 aromatic carbocycles. The third-order valence-electron chi connectivity index (χ3n) is 4.32. The highest BCUT2D eigenvalue weighted by atomic mass is 32.2. The predicted molar refractivity (Wildman–Crippen MR) is 80.4 cm³/mol. The number of hydrogen-bond donors (Lipinski definition) is 1. The zero-order chi connectivity index (χ0) is 15.6. The van der Waals surface area contributed by atoms with E-state index in [1.807, 2.05) is 17.9 Å². The zero-order valence-corrected chi connectivity index (χ0v) is 13.0. The average Bonchev–Trinajstić information content (AvgIpc) is 2.48. The number of rotatable bonds is 3. The van der Waals surface area contributed by atoms with Gasteiger partial charge in [-0.2, -0.15) is 5.26 Å². The Labute approximate surface area is 125 Å². The van der Waals surface area contributed by atoms with Crippen LogP contribution in [0.1, 0.15) is 31.1 Å². The molecule has 114 valence electrons. The van der Waals surface area contributed by atoms with Crippen LogP contribution in [0.25, 0.3) is 0 Å². The summed E-state index contributed by atoms with van der Waals surface area (Å²) in [4.78, 5) is 2.01. The lowest BCUT2D eigenvalue weighted by atomic mass is 10.1. The molecule has 1 aromatic rings. The van der Waals surface area contributed by atoms with Crippen LogP contribution >= 0.6 is 0 Å². The van der Waals surface area contributed by atoms with E-state index in [4.69, 9.17) is 5.26 Å². The molecule has 0 amide bonds. The summed E-state index contributed by atoms with van der Waals surface area (Å²) < 4.78 is 23.7. The van der Waals surface area contributed by atoms with Crippen molar-refractivity contribution in [1.29, 1.82) is 5.26 Å². The third-order valence-corrected chi connectivity index (χ3v) is 6.60. The number of aliphatic hydroxyl groups excluding tert-OH is 1. The Hall–Kier alpha value is -1.42. The lowest BCUT2D eigenvalue weighted by Gasteiger charge is -2.38. The Morgan fingerprint density at radius 1 is 1.38 bits per heavy atom.